The molecule has 136 valence electrons. The molecule has 0 radical (unpaired) electrons. The molecule has 0 saturated carbocycles. The van der Waals surface area contributed by atoms with Gasteiger partial charge in [-0.3, -0.25) is 9.59 Å². The van der Waals surface area contributed by atoms with Crippen LogP contribution < -0.4 is 4.74 Å². The van der Waals surface area contributed by atoms with E-state index in [1.165, 1.54) is 0 Å². The first-order chi connectivity index (χ1) is 11.9. The fourth-order valence-electron chi connectivity index (χ4n) is 3.90. The number of nitrogens with zero attached hydrogens (tertiary/aromatic N) is 2. The minimum atomic E-state index is -1.15. The number of likely N-dealkylation sites (tertiary alicyclic amines) is 2. The molecule has 2 aliphatic rings. The van der Waals surface area contributed by atoms with E-state index in [1.807, 2.05) is 24.3 Å². The van der Waals surface area contributed by atoms with Gasteiger partial charge in [0, 0.05) is 19.5 Å². The summed E-state index contributed by atoms with van der Waals surface area (Å²) in [6, 6.07) is 7.01. The third-order valence-electron chi connectivity index (χ3n) is 5.39. The maximum Gasteiger partial charge on any atom is 0.242 e. The highest BCUT2D eigenvalue weighted by Gasteiger charge is 2.43. The first-order valence-electron chi connectivity index (χ1n) is 8.87. The number of hydrogen-bond acceptors (Lipinski definition) is 4. The van der Waals surface area contributed by atoms with Gasteiger partial charge >= 0.3 is 0 Å². The summed E-state index contributed by atoms with van der Waals surface area (Å²) < 4.78 is 5.17. The molecule has 2 fully saturated rings. The van der Waals surface area contributed by atoms with Crippen molar-refractivity contribution in [2.24, 2.45) is 0 Å². The fourth-order valence-corrected chi connectivity index (χ4v) is 3.90. The third-order valence-corrected chi connectivity index (χ3v) is 5.39. The molecule has 2 saturated heterocycles. The van der Waals surface area contributed by atoms with Gasteiger partial charge in [-0.25, -0.2) is 0 Å². The summed E-state index contributed by atoms with van der Waals surface area (Å²) in [5.74, 6) is 0.698. The number of benzene rings is 1. The maximum atomic E-state index is 12.7. The van der Waals surface area contributed by atoms with Crippen molar-refractivity contribution < 1.29 is 19.4 Å². The van der Waals surface area contributed by atoms with Crippen LogP contribution in [0.3, 0.4) is 0 Å². The maximum absolute atomic E-state index is 12.7. The number of carbonyl (C=O) groups is 2. The van der Waals surface area contributed by atoms with E-state index in [1.54, 1.807) is 23.8 Å². The monoisotopic (exact) mass is 346 g/mol. The van der Waals surface area contributed by atoms with E-state index in [4.69, 9.17) is 4.74 Å². The van der Waals surface area contributed by atoms with Crippen LogP contribution in [0.1, 0.15) is 38.2 Å². The van der Waals surface area contributed by atoms with Crippen LogP contribution >= 0.6 is 0 Å². The highest BCUT2D eigenvalue weighted by molar-refractivity contribution is 5.86. The minimum Gasteiger partial charge on any atom is -0.497 e. The topological polar surface area (TPSA) is 70.1 Å². The van der Waals surface area contributed by atoms with E-state index in [0.717, 1.165) is 30.6 Å². The van der Waals surface area contributed by atoms with E-state index in [9.17, 15) is 14.7 Å². The lowest BCUT2D eigenvalue weighted by atomic mass is 9.86. The van der Waals surface area contributed by atoms with Crippen LogP contribution in [0.5, 0.6) is 5.75 Å². The molecule has 0 aliphatic carbocycles. The van der Waals surface area contributed by atoms with Crippen molar-refractivity contribution in [2.75, 3.05) is 26.7 Å². The molecule has 0 spiro atoms. The van der Waals surface area contributed by atoms with Crippen LogP contribution in [0.15, 0.2) is 24.3 Å². The van der Waals surface area contributed by atoms with Gasteiger partial charge in [0.25, 0.3) is 0 Å². The van der Waals surface area contributed by atoms with Crippen molar-refractivity contribution in [3.63, 3.8) is 0 Å². The van der Waals surface area contributed by atoms with E-state index >= 15 is 0 Å². The normalized spacial score (nSPS) is 23.0. The summed E-state index contributed by atoms with van der Waals surface area (Å²) in [6.07, 6.45) is 2.95. The number of amides is 2. The van der Waals surface area contributed by atoms with Crippen molar-refractivity contribution in [3.8, 4) is 5.75 Å². The number of aliphatic hydroxyl groups is 1. The number of carbonyl (C=O) groups excluding carboxylic acids is 2. The molecule has 2 heterocycles. The summed E-state index contributed by atoms with van der Waals surface area (Å²) >= 11 is 0. The van der Waals surface area contributed by atoms with Crippen LogP contribution in [0.2, 0.25) is 0 Å². The Morgan fingerprint density at radius 3 is 2.60 bits per heavy atom. The van der Waals surface area contributed by atoms with Gasteiger partial charge < -0.3 is 19.6 Å². The van der Waals surface area contributed by atoms with Crippen molar-refractivity contribution >= 4 is 11.8 Å². The zero-order chi connectivity index (χ0) is 18.0. The fraction of sp³-hybridized carbons (Fsp3) is 0.579. The second-order valence-corrected chi connectivity index (χ2v) is 7.04. The number of rotatable bonds is 5. The van der Waals surface area contributed by atoms with E-state index in [2.05, 4.69) is 0 Å². The summed E-state index contributed by atoms with van der Waals surface area (Å²) in [4.78, 5) is 27.9. The number of hydrogen-bond donors (Lipinski definition) is 1. The molecule has 1 aromatic rings. The van der Waals surface area contributed by atoms with Gasteiger partial charge in [-0.2, -0.15) is 0 Å². The van der Waals surface area contributed by atoms with Gasteiger partial charge in [0.2, 0.25) is 11.8 Å². The Labute approximate surface area is 148 Å². The molecule has 6 nitrogen and oxygen atoms in total. The quantitative estimate of drug-likeness (QED) is 0.877. The van der Waals surface area contributed by atoms with Gasteiger partial charge in [-0.15, -0.1) is 0 Å². The average Bonchev–Trinajstić information content (AvgIpc) is 3.25. The second kappa shape index (κ2) is 7.04. The molecule has 1 N–H and O–H groups in total. The zero-order valence-electron chi connectivity index (χ0n) is 14.9. The first-order valence-corrected chi connectivity index (χ1v) is 8.87. The number of ether oxygens (including phenoxy) is 1. The predicted molar refractivity (Wildman–Crippen MR) is 93.1 cm³/mol. The Morgan fingerprint density at radius 1 is 1.28 bits per heavy atom. The predicted octanol–water partition coefficient (Wildman–Crippen LogP) is 1.52. The minimum absolute atomic E-state index is 0.0472. The van der Waals surface area contributed by atoms with Crippen LogP contribution in [0.4, 0.5) is 0 Å². The Hall–Kier alpha value is -2.08. The van der Waals surface area contributed by atoms with E-state index in [0.29, 0.717) is 19.5 Å². The molecule has 3 rings (SSSR count). The molecule has 1 aromatic carbocycles. The Balaban J connectivity index is 1.74. The highest BCUT2D eigenvalue weighted by atomic mass is 16.5. The molecule has 25 heavy (non-hydrogen) atoms. The second-order valence-electron chi connectivity index (χ2n) is 7.04. The molecular formula is C19H26N2O4. The van der Waals surface area contributed by atoms with Crippen molar-refractivity contribution in [3.05, 3.63) is 29.8 Å². The Bertz CT molecular complexity index is 641. The molecule has 0 bridgehead atoms. The van der Waals surface area contributed by atoms with Crippen molar-refractivity contribution in [1.29, 1.82) is 0 Å². The van der Waals surface area contributed by atoms with E-state index < -0.39 is 5.60 Å². The van der Waals surface area contributed by atoms with Crippen LogP contribution in [-0.2, 0) is 15.2 Å². The summed E-state index contributed by atoms with van der Waals surface area (Å²) in [7, 11) is 1.60. The molecule has 2 atom stereocenters. The SMILES string of the molecule is COc1ccc([C@@](C)(O)[C@@H]2CCCN2C(=O)CN2CCCC2=O)cc1. The molecule has 6 heteroatoms. The van der Waals surface area contributed by atoms with Gasteiger partial charge in [0.15, 0.2) is 0 Å². The highest BCUT2D eigenvalue weighted by Crippen LogP contribution is 2.35. The largest absolute Gasteiger partial charge is 0.497 e. The van der Waals surface area contributed by atoms with Gasteiger partial charge in [-0.05, 0) is 43.9 Å². The molecule has 0 unspecified atom stereocenters. The number of methoxy groups -OCH3 is 1. The molecule has 2 amide bonds. The standard InChI is InChI=1S/C19H26N2O4/c1-19(24,14-7-9-15(25-2)10-8-14)16-5-3-12-21(16)18(23)13-20-11-4-6-17(20)22/h7-10,16,24H,3-6,11-13H2,1-2H3/t16-,19+/m0/s1. The van der Waals surface area contributed by atoms with Gasteiger partial charge in [0.05, 0.1) is 19.7 Å². The van der Waals surface area contributed by atoms with Crippen LogP contribution in [-0.4, -0.2) is 59.5 Å². The lowest BCUT2D eigenvalue weighted by Gasteiger charge is -2.37. The first kappa shape index (κ1) is 17.7. The zero-order valence-corrected chi connectivity index (χ0v) is 14.9. The molecule has 2 aliphatic heterocycles. The lowest BCUT2D eigenvalue weighted by Crippen LogP contribution is -2.51. The third kappa shape index (κ3) is 3.49. The summed E-state index contributed by atoms with van der Waals surface area (Å²) in [5.41, 5.74) is -0.386. The average molecular weight is 346 g/mol. The molecule has 0 aromatic heterocycles. The van der Waals surface area contributed by atoms with Gasteiger partial charge in [0.1, 0.15) is 11.4 Å². The van der Waals surface area contributed by atoms with Crippen LogP contribution in [0, 0.1) is 0 Å². The Kier molecular flexibility index (Phi) is 4.99. The van der Waals surface area contributed by atoms with Crippen molar-refractivity contribution in [1.82, 2.24) is 9.80 Å². The van der Waals surface area contributed by atoms with Gasteiger partial charge in [-0.1, -0.05) is 12.1 Å². The summed E-state index contributed by atoms with van der Waals surface area (Å²) in [6.45, 7) is 3.15. The van der Waals surface area contributed by atoms with E-state index in [-0.39, 0.29) is 24.4 Å². The molecular weight excluding hydrogens is 320 g/mol. The Morgan fingerprint density at radius 2 is 2.00 bits per heavy atom. The summed E-state index contributed by atoms with van der Waals surface area (Å²) in [5, 5.41) is 11.2. The smallest absolute Gasteiger partial charge is 0.242 e. The van der Waals surface area contributed by atoms with Crippen LogP contribution in [0.25, 0.3) is 0 Å². The van der Waals surface area contributed by atoms with Crippen molar-refractivity contribution in [2.45, 2.75) is 44.2 Å². The lowest BCUT2D eigenvalue weighted by molar-refractivity contribution is -0.142.